The third kappa shape index (κ3) is 3.98. The quantitative estimate of drug-likeness (QED) is 0.750. The molecule has 0 aromatic carbocycles. The Balaban J connectivity index is 2.39. The van der Waals surface area contributed by atoms with Crippen molar-refractivity contribution in [1.82, 2.24) is 20.3 Å². The first-order valence-electron chi connectivity index (χ1n) is 5.44. The van der Waals surface area contributed by atoms with Gasteiger partial charge in [0.05, 0.1) is 18.4 Å². The number of carbonyl (C=O) groups excluding carboxylic acids is 1. The molecule has 1 heterocycles. The molecule has 0 fully saturated rings. The molecule has 0 saturated carbocycles. The van der Waals surface area contributed by atoms with Crippen LogP contribution in [0.15, 0.2) is 6.20 Å². The van der Waals surface area contributed by atoms with Crippen molar-refractivity contribution in [2.24, 2.45) is 5.73 Å². The van der Waals surface area contributed by atoms with Crippen LogP contribution in [0.4, 0.5) is 0 Å². The topological polar surface area (TPSA) is 85.8 Å². The lowest BCUT2D eigenvalue weighted by Crippen LogP contribution is -2.30. The first-order valence-corrected chi connectivity index (χ1v) is 5.44. The van der Waals surface area contributed by atoms with E-state index < -0.39 is 0 Å². The molecule has 6 nitrogen and oxygen atoms in total. The molecular weight excluding hydrogens is 206 g/mol. The third-order valence-corrected chi connectivity index (χ3v) is 2.04. The fourth-order valence-corrected chi connectivity index (χ4v) is 1.24. The molecule has 0 spiro atoms. The van der Waals surface area contributed by atoms with E-state index in [4.69, 9.17) is 5.73 Å². The van der Waals surface area contributed by atoms with Gasteiger partial charge in [-0.3, -0.25) is 9.48 Å². The minimum Gasteiger partial charge on any atom is -0.354 e. The van der Waals surface area contributed by atoms with Gasteiger partial charge in [0.1, 0.15) is 0 Å². The van der Waals surface area contributed by atoms with Gasteiger partial charge in [-0.15, -0.1) is 5.10 Å². The number of hydrogen-bond acceptors (Lipinski definition) is 4. The lowest BCUT2D eigenvalue weighted by molar-refractivity contribution is -0.121. The van der Waals surface area contributed by atoms with E-state index >= 15 is 0 Å². The molecule has 1 rings (SSSR count). The molecule has 0 saturated heterocycles. The van der Waals surface area contributed by atoms with Crippen molar-refractivity contribution in [1.29, 1.82) is 0 Å². The molecule has 0 aliphatic heterocycles. The molecule has 90 valence electrons. The van der Waals surface area contributed by atoms with E-state index in [-0.39, 0.29) is 18.0 Å². The Morgan fingerprint density at radius 2 is 2.25 bits per heavy atom. The number of aromatic nitrogens is 3. The number of nitrogens with zero attached hydrogens (tertiary/aromatic N) is 3. The predicted octanol–water partition coefficient (Wildman–Crippen LogP) is 0.213. The first kappa shape index (κ1) is 12.6. The number of nitrogens with one attached hydrogen (secondary N) is 1. The third-order valence-electron chi connectivity index (χ3n) is 2.04. The average molecular weight is 225 g/mol. The molecule has 1 atom stereocenters. The van der Waals surface area contributed by atoms with Gasteiger partial charge in [0, 0.05) is 18.5 Å². The second-order valence-corrected chi connectivity index (χ2v) is 4.17. The van der Waals surface area contributed by atoms with Crippen LogP contribution in [-0.4, -0.2) is 26.9 Å². The summed E-state index contributed by atoms with van der Waals surface area (Å²) in [5.41, 5.74) is 6.39. The SMILES string of the molecule is CC(C)NC(=O)CCn1cc(C(C)N)nn1. The summed E-state index contributed by atoms with van der Waals surface area (Å²) in [4.78, 5) is 11.4. The zero-order valence-electron chi connectivity index (χ0n) is 9.97. The van der Waals surface area contributed by atoms with Crippen LogP contribution in [0.25, 0.3) is 0 Å². The highest BCUT2D eigenvalue weighted by Gasteiger charge is 2.07. The highest BCUT2D eigenvalue weighted by molar-refractivity contribution is 5.75. The average Bonchev–Trinajstić information content (AvgIpc) is 2.61. The van der Waals surface area contributed by atoms with Crippen LogP contribution in [0.5, 0.6) is 0 Å². The van der Waals surface area contributed by atoms with Gasteiger partial charge >= 0.3 is 0 Å². The Morgan fingerprint density at radius 1 is 1.56 bits per heavy atom. The Bertz CT molecular complexity index is 345. The lowest BCUT2D eigenvalue weighted by atomic mass is 10.3. The molecule has 1 aromatic heterocycles. The summed E-state index contributed by atoms with van der Waals surface area (Å²) < 4.78 is 1.64. The molecule has 0 aliphatic carbocycles. The summed E-state index contributed by atoms with van der Waals surface area (Å²) in [5.74, 6) is 0.0212. The summed E-state index contributed by atoms with van der Waals surface area (Å²) in [7, 11) is 0. The molecular formula is C10H19N5O. The van der Waals surface area contributed by atoms with Gasteiger partial charge in [-0.2, -0.15) is 0 Å². The fourth-order valence-electron chi connectivity index (χ4n) is 1.24. The largest absolute Gasteiger partial charge is 0.354 e. The number of amides is 1. The van der Waals surface area contributed by atoms with Crippen molar-refractivity contribution in [3.05, 3.63) is 11.9 Å². The second-order valence-electron chi connectivity index (χ2n) is 4.17. The zero-order valence-corrected chi connectivity index (χ0v) is 9.97. The van der Waals surface area contributed by atoms with E-state index in [0.29, 0.717) is 13.0 Å². The van der Waals surface area contributed by atoms with E-state index in [1.54, 1.807) is 10.9 Å². The minimum atomic E-state index is -0.127. The van der Waals surface area contributed by atoms with E-state index in [0.717, 1.165) is 5.69 Å². The maximum atomic E-state index is 11.4. The van der Waals surface area contributed by atoms with Gasteiger partial charge < -0.3 is 11.1 Å². The van der Waals surface area contributed by atoms with Crippen LogP contribution >= 0.6 is 0 Å². The number of nitrogens with two attached hydrogens (primary N) is 1. The second kappa shape index (κ2) is 5.60. The molecule has 3 N–H and O–H groups in total. The summed E-state index contributed by atoms with van der Waals surface area (Å²) in [5, 5.41) is 10.6. The molecule has 1 amide bonds. The van der Waals surface area contributed by atoms with Gasteiger partial charge in [0.25, 0.3) is 0 Å². The van der Waals surface area contributed by atoms with Crippen LogP contribution in [0.3, 0.4) is 0 Å². The van der Waals surface area contributed by atoms with Crippen LogP contribution < -0.4 is 11.1 Å². The van der Waals surface area contributed by atoms with E-state index in [9.17, 15) is 4.79 Å². The van der Waals surface area contributed by atoms with Crippen molar-refractivity contribution in [3.63, 3.8) is 0 Å². The maximum Gasteiger partial charge on any atom is 0.222 e. The van der Waals surface area contributed by atoms with Crippen molar-refractivity contribution in [2.75, 3.05) is 0 Å². The monoisotopic (exact) mass is 225 g/mol. The first-order chi connectivity index (χ1) is 7.49. The van der Waals surface area contributed by atoms with Gasteiger partial charge in [0.2, 0.25) is 5.91 Å². The normalized spacial score (nSPS) is 12.8. The van der Waals surface area contributed by atoms with Crippen molar-refractivity contribution in [3.8, 4) is 0 Å². The highest BCUT2D eigenvalue weighted by Crippen LogP contribution is 2.03. The predicted molar refractivity (Wildman–Crippen MR) is 60.5 cm³/mol. The van der Waals surface area contributed by atoms with Gasteiger partial charge in [-0.05, 0) is 20.8 Å². The van der Waals surface area contributed by atoms with Crippen molar-refractivity contribution >= 4 is 5.91 Å². The molecule has 0 bridgehead atoms. The number of aryl methyl sites for hydroxylation is 1. The van der Waals surface area contributed by atoms with Gasteiger partial charge in [-0.25, -0.2) is 0 Å². The number of rotatable bonds is 5. The lowest BCUT2D eigenvalue weighted by Gasteiger charge is -2.07. The van der Waals surface area contributed by atoms with Gasteiger partial charge in [-0.1, -0.05) is 5.21 Å². The Morgan fingerprint density at radius 3 is 2.75 bits per heavy atom. The van der Waals surface area contributed by atoms with E-state index in [1.165, 1.54) is 0 Å². The molecule has 1 aromatic rings. The van der Waals surface area contributed by atoms with Crippen LogP contribution in [0.1, 0.15) is 38.9 Å². The van der Waals surface area contributed by atoms with Crippen molar-refractivity contribution < 1.29 is 4.79 Å². The minimum absolute atomic E-state index is 0.0212. The zero-order chi connectivity index (χ0) is 12.1. The molecule has 6 heteroatoms. The van der Waals surface area contributed by atoms with Crippen molar-refractivity contribution in [2.45, 2.75) is 45.8 Å². The Labute approximate surface area is 95.2 Å². The number of hydrogen-bond donors (Lipinski definition) is 2. The van der Waals surface area contributed by atoms with Gasteiger partial charge in [0.15, 0.2) is 0 Å². The summed E-state index contributed by atoms with van der Waals surface area (Å²) in [6.45, 7) is 6.24. The number of carbonyl (C=O) groups is 1. The van der Waals surface area contributed by atoms with Crippen LogP contribution in [-0.2, 0) is 11.3 Å². The molecule has 0 aliphatic rings. The smallest absolute Gasteiger partial charge is 0.222 e. The molecule has 0 radical (unpaired) electrons. The Hall–Kier alpha value is -1.43. The molecule has 1 unspecified atom stereocenters. The summed E-state index contributed by atoms with van der Waals surface area (Å²) >= 11 is 0. The summed E-state index contributed by atoms with van der Waals surface area (Å²) in [6.07, 6.45) is 2.17. The summed E-state index contributed by atoms with van der Waals surface area (Å²) in [6, 6.07) is 0.0427. The maximum absolute atomic E-state index is 11.4. The van der Waals surface area contributed by atoms with Crippen LogP contribution in [0.2, 0.25) is 0 Å². The Kier molecular flexibility index (Phi) is 4.42. The van der Waals surface area contributed by atoms with Crippen LogP contribution in [0, 0.1) is 0 Å². The fraction of sp³-hybridized carbons (Fsp3) is 0.700. The standard InChI is InChI=1S/C10H19N5O/c1-7(2)12-10(16)4-5-15-6-9(8(3)11)13-14-15/h6-8H,4-5,11H2,1-3H3,(H,12,16). The van der Waals surface area contributed by atoms with E-state index in [1.807, 2.05) is 20.8 Å². The molecule has 16 heavy (non-hydrogen) atoms. The highest BCUT2D eigenvalue weighted by atomic mass is 16.1. The van der Waals surface area contributed by atoms with E-state index in [2.05, 4.69) is 15.6 Å².